The quantitative estimate of drug-likeness (QED) is 0.762. The summed E-state index contributed by atoms with van der Waals surface area (Å²) in [5.41, 5.74) is 7.19. The lowest BCUT2D eigenvalue weighted by atomic mass is 10.1. The number of allylic oxidation sites excluding steroid dienone is 1. The topological polar surface area (TPSA) is 24.4 Å². The minimum atomic E-state index is 0.612. The van der Waals surface area contributed by atoms with E-state index in [-0.39, 0.29) is 0 Å². The third-order valence-corrected chi connectivity index (χ3v) is 3.03. The molecule has 0 saturated carbocycles. The Hall–Kier alpha value is -1.57. The molecule has 0 bridgehead atoms. The summed E-state index contributed by atoms with van der Waals surface area (Å²) in [4.78, 5) is 4.55. The highest BCUT2D eigenvalue weighted by Gasteiger charge is 2.02. The van der Waals surface area contributed by atoms with Crippen LogP contribution in [0.4, 0.5) is 5.69 Å². The first kappa shape index (κ1) is 14.5. The van der Waals surface area contributed by atoms with Gasteiger partial charge in [0, 0.05) is 11.4 Å². The number of anilines is 1. The first-order valence-electron chi connectivity index (χ1n) is 6.46. The molecule has 1 aromatic carbocycles. The Kier molecular flexibility index (Phi) is 5.14. The van der Waals surface area contributed by atoms with Gasteiger partial charge in [-0.05, 0) is 50.8 Å². The maximum Gasteiger partial charge on any atom is 0.108 e. The van der Waals surface area contributed by atoms with Crippen LogP contribution in [0.2, 0.25) is 0 Å². The normalized spacial score (nSPS) is 11.5. The van der Waals surface area contributed by atoms with E-state index in [1.54, 1.807) is 0 Å². The Balaban J connectivity index is 2.78. The van der Waals surface area contributed by atoms with E-state index in [4.69, 9.17) is 0 Å². The second kappa shape index (κ2) is 6.39. The Morgan fingerprint density at radius 2 is 1.78 bits per heavy atom. The molecule has 0 spiro atoms. The largest absolute Gasteiger partial charge is 0.366 e. The van der Waals surface area contributed by atoms with Gasteiger partial charge >= 0.3 is 0 Å². The first-order valence-corrected chi connectivity index (χ1v) is 6.46. The van der Waals surface area contributed by atoms with Crippen LogP contribution in [0.1, 0.15) is 37.0 Å². The van der Waals surface area contributed by atoms with Crippen LogP contribution in [-0.2, 0) is 0 Å². The molecular formula is C16H24N2. The molecule has 0 amide bonds. The van der Waals surface area contributed by atoms with Crippen LogP contribution < -0.4 is 5.32 Å². The zero-order valence-corrected chi connectivity index (χ0v) is 12.2. The number of aliphatic imine (C=N–C) groups is 1. The van der Waals surface area contributed by atoms with Crippen LogP contribution in [0.5, 0.6) is 0 Å². The summed E-state index contributed by atoms with van der Waals surface area (Å²) in [6.07, 6.45) is 0.933. The van der Waals surface area contributed by atoms with Gasteiger partial charge in [-0.15, -0.1) is 0 Å². The number of hydrogen-bond acceptors (Lipinski definition) is 2. The first-order chi connectivity index (χ1) is 8.45. The monoisotopic (exact) mass is 244 g/mol. The summed E-state index contributed by atoms with van der Waals surface area (Å²) in [5, 5.41) is 3.40. The SMILES string of the molecule is C=C(C)C(CC)=NCNc1c(C)cc(C)cc1C. The number of aryl methyl sites for hydroxylation is 3. The molecule has 2 nitrogen and oxygen atoms in total. The Bertz CT molecular complexity index is 447. The van der Waals surface area contributed by atoms with Crippen LogP contribution in [-0.4, -0.2) is 12.4 Å². The molecule has 0 radical (unpaired) electrons. The Morgan fingerprint density at radius 3 is 2.22 bits per heavy atom. The minimum absolute atomic E-state index is 0.612. The van der Waals surface area contributed by atoms with Crippen molar-refractivity contribution < 1.29 is 0 Å². The molecular weight excluding hydrogens is 220 g/mol. The van der Waals surface area contributed by atoms with Gasteiger partial charge < -0.3 is 5.32 Å². The summed E-state index contributed by atoms with van der Waals surface area (Å²) in [6.45, 7) is 15.0. The van der Waals surface area contributed by atoms with Gasteiger partial charge in [0.05, 0.1) is 0 Å². The van der Waals surface area contributed by atoms with Gasteiger partial charge in [0.2, 0.25) is 0 Å². The Labute approximate surface area is 111 Å². The summed E-state index contributed by atoms with van der Waals surface area (Å²) >= 11 is 0. The van der Waals surface area contributed by atoms with Gasteiger partial charge in [-0.3, -0.25) is 4.99 Å². The molecule has 1 N–H and O–H groups in total. The highest BCUT2D eigenvalue weighted by molar-refractivity contribution is 5.98. The van der Waals surface area contributed by atoms with E-state index in [1.807, 2.05) is 6.92 Å². The van der Waals surface area contributed by atoms with Crippen molar-refractivity contribution in [1.82, 2.24) is 0 Å². The van der Waals surface area contributed by atoms with E-state index in [0.29, 0.717) is 6.67 Å². The van der Waals surface area contributed by atoms with E-state index in [2.05, 4.69) is 56.7 Å². The van der Waals surface area contributed by atoms with Gasteiger partial charge in [-0.2, -0.15) is 0 Å². The van der Waals surface area contributed by atoms with Gasteiger partial charge in [0.25, 0.3) is 0 Å². The minimum Gasteiger partial charge on any atom is -0.366 e. The van der Waals surface area contributed by atoms with E-state index >= 15 is 0 Å². The number of rotatable bonds is 5. The molecule has 2 heteroatoms. The highest BCUT2D eigenvalue weighted by Crippen LogP contribution is 2.21. The molecule has 0 fully saturated rings. The van der Waals surface area contributed by atoms with Crippen molar-refractivity contribution in [3.05, 3.63) is 41.0 Å². The van der Waals surface area contributed by atoms with Crippen LogP contribution in [0, 0.1) is 20.8 Å². The molecule has 98 valence electrons. The zero-order chi connectivity index (χ0) is 13.7. The number of hydrogen-bond donors (Lipinski definition) is 1. The molecule has 0 unspecified atom stereocenters. The third-order valence-electron chi connectivity index (χ3n) is 3.03. The van der Waals surface area contributed by atoms with Crippen LogP contribution in [0.25, 0.3) is 0 Å². The summed E-state index contributed by atoms with van der Waals surface area (Å²) < 4.78 is 0. The molecule has 0 atom stereocenters. The Morgan fingerprint density at radius 1 is 1.22 bits per heavy atom. The van der Waals surface area contributed by atoms with Crippen molar-refractivity contribution in [2.45, 2.75) is 41.0 Å². The van der Waals surface area contributed by atoms with Gasteiger partial charge in [-0.1, -0.05) is 31.2 Å². The van der Waals surface area contributed by atoms with Crippen LogP contribution >= 0.6 is 0 Å². The average Bonchev–Trinajstić information content (AvgIpc) is 2.26. The van der Waals surface area contributed by atoms with Crippen LogP contribution in [0.3, 0.4) is 0 Å². The molecule has 0 aliphatic carbocycles. The van der Waals surface area contributed by atoms with Gasteiger partial charge in [0.1, 0.15) is 6.67 Å². The third kappa shape index (κ3) is 3.73. The summed E-state index contributed by atoms with van der Waals surface area (Å²) in [6, 6.07) is 4.39. The molecule has 0 aliphatic rings. The fraction of sp³-hybridized carbons (Fsp3) is 0.438. The fourth-order valence-corrected chi connectivity index (χ4v) is 2.22. The van der Waals surface area contributed by atoms with Gasteiger partial charge in [0.15, 0.2) is 0 Å². The lowest BCUT2D eigenvalue weighted by Crippen LogP contribution is -2.07. The standard InChI is InChI=1S/C16H24N2/c1-7-15(11(2)3)17-10-18-16-13(5)8-12(4)9-14(16)6/h8-9,18H,2,7,10H2,1,3-6H3. The van der Waals surface area contributed by atoms with E-state index in [9.17, 15) is 0 Å². The van der Waals surface area contributed by atoms with E-state index in [0.717, 1.165) is 17.7 Å². The second-order valence-electron chi connectivity index (χ2n) is 4.85. The lowest BCUT2D eigenvalue weighted by Gasteiger charge is -2.13. The van der Waals surface area contributed by atoms with Crippen molar-refractivity contribution in [3.63, 3.8) is 0 Å². The molecule has 0 heterocycles. The second-order valence-corrected chi connectivity index (χ2v) is 4.85. The predicted molar refractivity (Wildman–Crippen MR) is 81.7 cm³/mol. The van der Waals surface area contributed by atoms with Crippen molar-refractivity contribution in [1.29, 1.82) is 0 Å². The average molecular weight is 244 g/mol. The lowest BCUT2D eigenvalue weighted by molar-refractivity contribution is 1.09. The highest BCUT2D eigenvalue weighted by atomic mass is 15.0. The molecule has 0 saturated heterocycles. The van der Waals surface area contributed by atoms with Crippen molar-refractivity contribution >= 4 is 11.4 Å². The van der Waals surface area contributed by atoms with Crippen molar-refractivity contribution in [2.75, 3.05) is 12.0 Å². The summed E-state index contributed by atoms with van der Waals surface area (Å²) in [7, 11) is 0. The number of benzene rings is 1. The smallest absolute Gasteiger partial charge is 0.108 e. The zero-order valence-electron chi connectivity index (χ0n) is 12.2. The number of nitrogens with zero attached hydrogens (tertiary/aromatic N) is 1. The fourth-order valence-electron chi connectivity index (χ4n) is 2.22. The molecule has 1 aromatic rings. The maximum atomic E-state index is 4.55. The van der Waals surface area contributed by atoms with Crippen molar-refractivity contribution in [3.8, 4) is 0 Å². The maximum absolute atomic E-state index is 4.55. The molecule has 0 aliphatic heterocycles. The predicted octanol–water partition coefficient (Wildman–Crippen LogP) is 4.41. The van der Waals surface area contributed by atoms with Crippen molar-refractivity contribution in [2.24, 2.45) is 4.99 Å². The van der Waals surface area contributed by atoms with Crippen LogP contribution in [0.15, 0.2) is 29.3 Å². The van der Waals surface area contributed by atoms with E-state index < -0.39 is 0 Å². The molecule has 18 heavy (non-hydrogen) atoms. The molecule has 0 aromatic heterocycles. The number of nitrogens with one attached hydrogen (secondary N) is 1. The molecule has 1 rings (SSSR count). The van der Waals surface area contributed by atoms with Gasteiger partial charge in [-0.25, -0.2) is 0 Å². The van der Waals surface area contributed by atoms with E-state index in [1.165, 1.54) is 22.4 Å². The summed E-state index contributed by atoms with van der Waals surface area (Å²) in [5.74, 6) is 0.